The monoisotopic (exact) mass is 289 g/mol. The summed E-state index contributed by atoms with van der Waals surface area (Å²) in [5, 5.41) is 4.28. The van der Waals surface area contributed by atoms with Crippen molar-refractivity contribution in [1.29, 1.82) is 0 Å². The molecular weight excluding hydrogens is 274 g/mol. The number of imidazole rings is 1. The second-order valence-electron chi connectivity index (χ2n) is 5.08. The first-order valence-electron chi connectivity index (χ1n) is 7.28. The number of hydrogen-bond donors (Lipinski definition) is 1. The molecule has 0 aliphatic carbocycles. The fraction of sp³-hybridized carbons (Fsp3) is 0.118. The van der Waals surface area contributed by atoms with Crippen LogP contribution in [0.25, 0.3) is 33.8 Å². The number of aromatic amines is 1. The summed E-state index contributed by atoms with van der Waals surface area (Å²) in [5.74, 6) is 0.863. The molecular formula is C17H15N5. The maximum atomic E-state index is 4.65. The van der Waals surface area contributed by atoms with Crippen LogP contribution in [0.15, 0.2) is 54.9 Å². The molecule has 0 radical (unpaired) electrons. The first kappa shape index (κ1) is 12.8. The summed E-state index contributed by atoms with van der Waals surface area (Å²) in [6, 6.07) is 14.2. The predicted molar refractivity (Wildman–Crippen MR) is 86.2 cm³/mol. The standard InChI is InChI=1S/C17H15N5/c1-2-22-17-15(11-19-22)20-16(21-17)13-8-6-12(7-9-13)14-5-3-4-10-18-14/h3-11H,2H2,1H3,(H,20,21). The zero-order chi connectivity index (χ0) is 14.9. The van der Waals surface area contributed by atoms with Gasteiger partial charge >= 0.3 is 0 Å². The van der Waals surface area contributed by atoms with E-state index in [0.717, 1.165) is 40.4 Å². The lowest BCUT2D eigenvalue weighted by atomic mass is 10.1. The van der Waals surface area contributed by atoms with Gasteiger partial charge in [-0.25, -0.2) is 9.67 Å². The Morgan fingerprint density at radius 1 is 1.05 bits per heavy atom. The van der Waals surface area contributed by atoms with E-state index in [4.69, 9.17) is 0 Å². The highest BCUT2D eigenvalue weighted by Crippen LogP contribution is 2.23. The molecule has 0 saturated heterocycles. The maximum absolute atomic E-state index is 4.65. The van der Waals surface area contributed by atoms with Gasteiger partial charge in [0.2, 0.25) is 0 Å². The van der Waals surface area contributed by atoms with Crippen LogP contribution in [-0.2, 0) is 6.54 Å². The van der Waals surface area contributed by atoms with Gasteiger partial charge in [0.25, 0.3) is 0 Å². The summed E-state index contributed by atoms with van der Waals surface area (Å²) < 4.78 is 1.89. The Labute approximate surface area is 127 Å². The lowest BCUT2D eigenvalue weighted by molar-refractivity contribution is 0.677. The van der Waals surface area contributed by atoms with E-state index < -0.39 is 0 Å². The molecule has 1 N–H and O–H groups in total. The van der Waals surface area contributed by atoms with Crippen molar-refractivity contribution in [2.75, 3.05) is 0 Å². The van der Waals surface area contributed by atoms with Crippen LogP contribution in [0.2, 0.25) is 0 Å². The van der Waals surface area contributed by atoms with Gasteiger partial charge in [0.05, 0.1) is 11.9 Å². The molecule has 5 heteroatoms. The minimum atomic E-state index is 0.812. The summed E-state index contributed by atoms with van der Waals surface area (Å²) in [4.78, 5) is 12.3. The van der Waals surface area contributed by atoms with Crippen molar-refractivity contribution in [2.24, 2.45) is 0 Å². The van der Waals surface area contributed by atoms with Crippen LogP contribution in [-0.4, -0.2) is 24.7 Å². The van der Waals surface area contributed by atoms with Crippen molar-refractivity contribution in [3.05, 3.63) is 54.9 Å². The van der Waals surface area contributed by atoms with Crippen molar-refractivity contribution in [3.8, 4) is 22.6 Å². The second kappa shape index (κ2) is 5.11. The minimum Gasteiger partial charge on any atom is -0.335 e. The first-order valence-corrected chi connectivity index (χ1v) is 7.28. The quantitative estimate of drug-likeness (QED) is 0.628. The number of rotatable bonds is 3. The third-order valence-corrected chi connectivity index (χ3v) is 3.70. The molecule has 5 nitrogen and oxygen atoms in total. The topological polar surface area (TPSA) is 59.4 Å². The normalized spacial score (nSPS) is 11.1. The Hall–Kier alpha value is -2.95. The summed E-state index contributed by atoms with van der Waals surface area (Å²) >= 11 is 0. The average molecular weight is 289 g/mol. The third kappa shape index (κ3) is 2.07. The number of fused-ring (bicyclic) bond motifs is 1. The molecule has 0 amide bonds. The molecule has 3 aromatic heterocycles. The van der Waals surface area contributed by atoms with Crippen molar-refractivity contribution >= 4 is 11.2 Å². The van der Waals surface area contributed by atoms with Crippen LogP contribution in [0.5, 0.6) is 0 Å². The lowest BCUT2D eigenvalue weighted by Crippen LogP contribution is -1.96. The van der Waals surface area contributed by atoms with Crippen LogP contribution < -0.4 is 0 Å². The molecule has 22 heavy (non-hydrogen) atoms. The van der Waals surface area contributed by atoms with E-state index in [1.165, 1.54) is 0 Å². The van der Waals surface area contributed by atoms with Crippen LogP contribution in [0, 0.1) is 0 Å². The fourth-order valence-electron chi connectivity index (χ4n) is 2.55. The number of pyridine rings is 1. The molecule has 3 heterocycles. The van der Waals surface area contributed by atoms with Gasteiger partial charge in [-0.15, -0.1) is 0 Å². The number of benzene rings is 1. The van der Waals surface area contributed by atoms with E-state index in [1.807, 2.05) is 29.1 Å². The summed E-state index contributed by atoms with van der Waals surface area (Å²) in [5.41, 5.74) is 4.98. The summed E-state index contributed by atoms with van der Waals surface area (Å²) in [6.07, 6.45) is 3.62. The number of aromatic nitrogens is 5. The number of nitrogens with one attached hydrogen (secondary N) is 1. The predicted octanol–water partition coefficient (Wildman–Crippen LogP) is 3.51. The van der Waals surface area contributed by atoms with Crippen molar-refractivity contribution in [1.82, 2.24) is 24.7 Å². The van der Waals surface area contributed by atoms with Crippen LogP contribution >= 0.6 is 0 Å². The van der Waals surface area contributed by atoms with Gasteiger partial charge in [0.1, 0.15) is 11.3 Å². The van der Waals surface area contributed by atoms with Gasteiger partial charge in [-0.2, -0.15) is 5.10 Å². The van der Waals surface area contributed by atoms with Gasteiger partial charge in [-0.1, -0.05) is 30.3 Å². The van der Waals surface area contributed by atoms with E-state index in [0.29, 0.717) is 0 Å². The molecule has 0 atom stereocenters. The molecule has 0 bridgehead atoms. The Morgan fingerprint density at radius 2 is 1.86 bits per heavy atom. The van der Waals surface area contributed by atoms with Crippen LogP contribution in [0.3, 0.4) is 0 Å². The van der Waals surface area contributed by atoms with Gasteiger partial charge in [0.15, 0.2) is 5.65 Å². The van der Waals surface area contributed by atoms with Gasteiger partial charge in [0, 0.05) is 23.9 Å². The summed E-state index contributed by atoms with van der Waals surface area (Å²) in [7, 11) is 0. The number of hydrogen-bond acceptors (Lipinski definition) is 3. The van der Waals surface area contributed by atoms with E-state index >= 15 is 0 Å². The van der Waals surface area contributed by atoms with Crippen molar-refractivity contribution < 1.29 is 0 Å². The number of aryl methyl sites for hydroxylation is 1. The number of H-pyrrole nitrogens is 1. The van der Waals surface area contributed by atoms with E-state index in [1.54, 1.807) is 6.20 Å². The molecule has 1 aromatic carbocycles. The minimum absolute atomic E-state index is 0.812. The Morgan fingerprint density at radius 3 is 2.59 bits per heavy atom. The molecule has 0 saturated carbocycles. The molecule has 0 fully saturated rings. The molecule has 0 unspecified atom stereocenters. The highest BCUT2D eigenvalue weighted by atomic mass is 15.3. The third-order valence-electron chi connectivity index (χ3n) is 3.70. The Kier molecular flexibility index (Phi) is 2.96. The average Bonchev–Trinajstić information content (AvgIpc) is 3.16. The Bertz CT molecular complexity index is 903. The summed E-state index contributed by atoms with van der Waals surface area (Å²) in [6.45, 7) is 2.87. The zero-order valence-corrected chi connectivity index (χ0v) is 12.2. The van der Waals surface area contributed by atoms with Crippen molar-refractivity contribution in [3.63, 3.8) is 0 Å². The zero-order valence-electron chi connectivity index (χ0n) is 12.2. The second-order valence-corrected chi connectivity index (χ2v) is 5.08. The Balaban J connectivity index is 1.71. The highest BCUT2D eigenvalue weighted by molar-refractivity contribution is 5.76. The SMILES string of the molecule is CCn1ncc2[nH]c(-c3ccc(-c4ccccn4)cc3)nc21. The van der Waals surface area contributed by atoms with Crippen LogP contribution in [0.1, 0.15) is 6.92 Å². The van der Waals surface area contributed by atoms with Gasteiger partial charge in [-0.05, 0) is 19.1 Å². The number of nitrogens with zero attached hydrogens (tertiary/aromatic N) is 4. The van der Waals surface area contributed by atoms with Gasteiger partial charge in [-0.3, -0.25) is 4.98 Å². The molecule has 0 aliphatic heterocycles. The van der Waals surface area contributed by atoms with Gasteiger partial charge < -0.3 is 4.98 Å². The van der Waals surface area contributed by atoms with Crippen molar-refractivity contribution in [2.45, 2.75) is 13.5 Å². The maximum Gasteiger partial charge on any atom is 0.176 e. The van der Waals surface area contributed by atoms with E-state index in [2.05, 4.69) is 51.2 Å². The van der Waals surface area contributed by atoms with E-state index in [-0.39, 0.29) is 0 Å². The first-order chi connectivity index (χ1) is 10.8. The van der Waals surface area contributed by atoms with Crippen LogP contribution in [0.4, 0.5) is 0 Å². The molecule has 0 spiro atoms. The largest absolute Gasteiger partial charge is 0.335 e. The molecule has 108 valence electrons. The van der Waals surface area contributed by atoms with E-state index in [9.17, 15) is 0 Å². The molecule has 4 aromatic rings. The fourth-order valence-corrected chi connectivity index (χ4v) is 2.55. The highest BCUT2D eigenvalue weighted by Gasteiger charge is 2.09. The molecule has 0 aliphatic rings. The molecule has 4 rings (SSSR count). The lowest BCUT2D eigenvalue weighted by Gasteiger charge is -2.02. The smallest absolute Gasteiger partial charge is 0.176 e.